The van der Waals surface area contributed by atoms with Crippen molar-refractivity contribution >= 4 is 5.91 Å². The van der Waals surface area contributed by atoms with Gasteiger partial charge in [-0.3, -0.25) is 4.79 Å². The molecule has 23 heavy (non-hydrogen) atoms. The number of nitrogens with two attached hydrogens (primary N) is 1. The zero-order valence-electron chi connectivity index (χ0n) is 12.5. The Balaban J connectivity index is 1.69. The molecule has 1 heterocycles. The van der Waals surface area contributed by atoms with E-state index in [1.165, 1.54) is 6.07 Å². The van der Waals surface area contributed by atoms with Gasteiger partial charge in [-0.1, -0.05) is 0 Å². The zero-order chi connectivity index (χ0) is 16.8. The van der Waals surface area contributed by atoms with Gasteiger partial charge in [0.2, 0.25) is 5.91 Å². The van der Waals surface area contributed by atoms with Crippen LogP contribution in [0.15, 0.2) is 18.2 Å². The van der Waals surface area contributed by atoms with E-state index in [9.17, 15) is 18.7 Å². The Hall–Kier alpha value is -1.77. The van der Waals surface area contributed by atoms with Crippen LogP contribution in [-0.4, -0.2) is 49.0 Å². The number of rotatable bonds is 7. The fourth-order valence-corrected chi connectivity index (χ4v) is 2.22. The van der Waals surface area contributed by atoms with Gasteiger partial charge in [-0.25, -0.2) is 8.78 Å². The SMILES string of the molecule is NC[C@H]1CC[C@@H](C(=O)NCC(O)COc2ccc(F)c(F)c2)O1. The second-order valence-corrected chi connectivity index (χ2v) is 5.35. The lowest BCUT2D eigenvalue weighted by atomic mass is 10.2. The Labute approximate surface area is 132 Å². The number of amides is 1. The minimum Gasteiger partial charge on any atom is -0.491 e. The first-order valence-corrected chi connectivity index (χ1v) is 7.38. The molecule has 1 fully saturated rings. The van der Waals surface area contributed by atoms with Crippen LogP contribution in [0.5, 0.6) is 5.75 Å². The fourth-order valence-electron chi connectivity index (χ4n) is 2.22. The molecule has 4 N–H and O–H groups in total. The predicted octanol–water partition coefficient (Wildman–Crippen LogP) is 0.327. The fraction of sp³-hybridized carbons (Fsp3) is 0.533. The van der Waals surface area contributed by atoms with Crippen LogP contribution in [0.25, 0.3) is 0 Å². The number of nitrogens with one attached hydrogen (secondary N) is 1. The summed E-state index contributed by atoms with van der Waals surface area (Å²) in [6.45, 7) is 0.173. The van der Waals surface area contributed by atoms with Crippen LogP contribution in [0.4, 0.5) is 8.78 Å². The van der Waals surface area contributed by atoms with Crippen LogP contribution in [0.3, 0.4) is 0 Å². The molecule has 1 aromatic carbocycles. The molecule has 1 aromatic rings. The molecule has 8 heteroatoms. The Morgan fingerprint density at radius 2 is 2.22 bits per heavy atom. The Bertz CT molecular complexity index is 544. The van der Waals surface area contributed by atoms with Crippen LogP contribution in [0.1, 0.15) is 12.8 Å². The van der Waals surface area contributed by atoms with E-state index in [2.05, 4.69) is 5.32 Å². The van der Waals surface area contributed by atoms with Crippen LogP contribution in [-0.2, 0) is 9.53 Å². The molecule has 2 rings (SSSR count). The van der Waals surface area contributed by atoms with Crippen molar-refractivity contribution in [3.05, 3.63) is 29.8 Å². The second-order valence-electron chi connectivity index (χ2n) is 5.35. The van der Waals surface area contributed by atoms with Crippen LogP contribution >= 0.6 is 0 Å². The van der Waals surface area contributed by atoms with Gasteiger partial charge in [-0.15, -0.1) is 0 Å². The first kappa shape index (κ1) is 17.6. The number of aliphatic hydroxyl groups is 1. The minimum atomic E-state index is -1.03. The van der Waals surface area contributed by atoms with E-state index in [-0.39, 0.29) is 30.9 Å². The van der Waals surface area contributed by atoms with Crippen molar-refractivity contribution in [2.24, 2.45) is 5.73 Å². The summed E-state index contributed by atoms with van der Waals surface area (Å²) in [5.41, 5.74) is 5.47. The summed E-state index contributed by atoms with van der Waals surface area (Å²) in [5, 5.41) is 12.3. The summed E-state index contributed by atoms with van der Waals surface area (Å²) in [6.07, 6.45) is -0.319. The first-order valence-electron chi connectivity index (χ1n) is 7.38. The van der Waals surface area contributed by atoms with E-state index in [0.29, 0.717) is 13.0 Å². The van der Waals surface area contributed by atoms with E-state index in [1.54, 1.807) is 0 Å². The molecule has 1 aliphatic heterocycles. The third-order valence-electron chi connectivity index (χ3n) is 3.51. The molecule has 3 atom stereocenters. The summed E-state index contributed by atoms with van der Waals surface area (Å²) >= 11 is 0. The molecule has 0 radical (unpaired) electrons. The molecule has 6 nitrogen and oxygen atoms in total. The zero-order valence-corrected chi connectivity index (χ0v) is 12.5. The summed E-state index contributed by atoms with van der Waals surface area (Å²) in [7, 11) is 0. The number of ether oxygens (including phenoxy) is 2. The lowest BCUT2D eigenvalue weighted by molar-refractivity contribution is -0.132. The molecule has 0 bridgehead atoms. The third-order valence-corrected chi connectivity index (χ3v) is 3.51. The number of aliphatic hydroxyl groups excluding tert-OH is 1. The van der Waals surface area contributed by atoms with E-state index >= 15 is 0 Å². The second kappa shape index (κ2) is 8.19. The van der Waals surface area contributed by atoms with Crippen molar-refractivity contribution in [1.82, 2.24) is 5.32 Å². The van der Waals surface area contributed by atoms with Crippen LogP contribution in [0, 0.1) is 11.6 Å². The number of hydrogen-bond acceptors (Lipinski definition) is 5. The molecule has 0 spiro atoms. The Kier molecular flexibility index (Phi) is 6.26. The van der Waals surface area contributed by atoms with Gasteiger partial charge in [0.05, 0.1) is 6.10 Å². The quantitative estimate of drug-likeness (QED) is 0.670. The molecule has 128 valence electrons. The molecule has 1 saturated heterocycles. The number of hydrogen-bond donors (Lipinski definition) is 3. The highest BCUT2D eigenvalue weighted by Crippen LogP contribution is 2.19. The van der Waals surface area contributed by atoms with E-state index < -0.39 is 23.8 Å². The average Bonchev–Trinajstić information content (AvgIpc) is 3.03. The van der Waals surface area contributed by atoms with Crippen LogP contribution < -0.4 is 15.8 Å². The minimum absolute atomic E-state index is 0.0321. The largest absolute Gasteiger partial charge is 0.491 e. The average molecular weight is 330 g/mol. The van der Waals surface area contributed by atoms with Crippen molar-refractivity contribution < 1.29 is 28.2 Å². The van der Waals surface area contributed by atoms with E-state index in [0.717, 1.165) is 18.6 Å². The molecular weight excluding hydrogens is 310 g/mol. The highest BCUT2D eigenvalue weighted by molar-refractivity contribution is 5.81. The molecule has 1 aliphatic rings. The number of benzene rings is 1. The molecular formula is C15H20F2N2O4. The first-order chi connectivity index (χ1) is 11.0. The highest BCUT2D eigenvalue weighted by atomic mass is 19.2. The summed E-state index contributed by atoms with van der Waals surface area (Å²) in [6, 6.07) is 3.08. The van der Waals surface area contributed by atoms with Gasteiger partial charge in [0, 0.05) is 19.2 Å². The maximum Gasteiger partial charge on any atom is 0.249 e. The van der Waals surface area contributed by atoms with Gasteiger partial charge in [-0.05, 0) is 25.0 Å². The number of halogens is 2. The number of carbonyl (C=O) groups excluding carboxylic acids is 1. The lowest BCUT2D eigenvalue weighted by Crippen LogP contribution is -2.41. The van der Waals surface area contributed by atoms with Gasteiger partial charge < -0.3 is 25.6 Å². The maximum atomic E-state index is 13.0. The molecule has 0 saturated carbocycles. The molecule has 1 amide bonds. The van der Waals surface area contributed by atoms with Gasteiger partial charge >= 0.3 is 0 Å². The molecule has 0 aliphatic carbocycles. The van der Waals surface area contributed by atoms with E-state index in [4.69, 9.17) is 15.2 Å². The monoisotopic (exact) mass is 330 g/mol. The van der Waals surface area contributed by atoms with Gasteiger partial charge in [-0.2, -0.15) is 0 Å². The van der Waals surface area contributed by atoms with Crippen molar-refractivity contribution in [3.63, 3.8) is 0 Å². The summed E-state index contributed by atoms with van der Waals surface area (Å²) in [4.78, 5) is 11.8. The van der Waals surface area contributed by atoms with Crippen molar-refractivity contribution in [2.45, 2.75) is 31.2 Å². The van der Waals surface area contributed by atoms with Gasteiger partial charge in [0.25, 0.3) is 0 Å². The van der Waals surface area contributed by atoms with E-state index in [1.807, 2.05) is 0 Å². The Morgan fingerprint density at radius 3 is 2.87 bits per heavy atom. The highest BCUT2D eigenvalue weighted by Gasteiger charge is 2.29. The van der Waals surface area contributed by atoms with Crippen LogP contribution in [0.2, 0.25) is 0 Å². The van der Waals surface area contributed by atoms with Crippen molar-refractivity contribution in [1.29, 1.82) is 0 Å². The number of carbonyl (C=O) groups is 1. The summed E-state index contributed by atoms with van der Waals surface area (Å²) in [5.74, 6) is -2.22. The van der Waals surface area contributed by atoms with Crippen molar-refractivity contribution in [2.75, 3.05) is 19.7 Å². The predicted molar refractivity (Wildman–Crippen MR) is 77.8 cm³/mol. The standard InChI is InChI=1S/C15H20F2N2O4/c16-12-3-1-10(5-13(12)17)22-8-9(20)7-19-15(21)14-4-2-11(6-18)23-14/h1,3,5,9,11,14,20H,2,4,6-8,18H2,(H,19,21)/t9?,11-,14+/m1/s1. The summed E-state index contributed by atoms with van der Waals surface area (Å²) < 4.78 is 36.3. The lowest BCUT2D eigenvalue weighted by Gasteiger charge is -2.16. The topological polar surface area (TPSA) is 93.8 Å². The van der Waals surface area contributed by atoms with Gasteiger partial charge in [0.1, 0.15) is 24.6 Å². The Morgan fingerprint density at radius 1 is 1.43 bits per heavy atom. The molecule has 0 aromatic heterocycles. The normalized spacial score (nSPS) is 21.9. The maximum absolute atomic E-state index is 13.0. The molecule has 1 unspecified atom stereocenters. The van der Waals surface area contributed by atoms with Gasteiger partial charge in [0.15, 0.2) is 11.6 Å². The smallest absolute Gasteiger partial charge is 0.249 e. The third kappa shape index (κ3) is 5.12. The van der Waals surface area contributed by atoms with Crippen molar-refractivity contribution in [3.8, 4) is 5.75 Å².